The highest BCUT2D eigenvalue weighted by molar-refractivity contribution is 6.31. The van der Waals surface area contributed by atoms with Crippen molar-refractivity contribution in [3.63, 3.8) is 0 Å². The summed E-state index contributed by atoms with van der Waals surface area (Å²) in [6.07, 6.45) is 0.0732. The van der Waals surface area contributed by atoms with Gasteiger partial charge in [0, 0.05) is 37.1 Å². The molecule has 0 aliphatic rings. The molecule has 0 aliphatic heterocycles. The molecule has 1 N–H and O–H groups in total. The van der Waals surface area contributed by atoms with E-state index >= 15 is 0 Å². The number of benzene rings is 1. The van der Waals surface area contributed by atoms with Crippen molar-refractivity contribution in [2.75, 3.05) is 14.1 Å². The molecule has 1 unspecified atom stereocenters. The minimum absolute atomic E-state index is 0.125. The standard InChI is InChI=1S/C14H18ClFN2O2/c1-9(7-13(19)17-2)18(3)14(20)8-10-11(15)5-4-6-12(10)16/h4-6,9H,7-8H2,1-3H3,(H,17,19). The molecule has 0 aliphatic carbocycles. The fourth-order valence-corrected chi connectivity index (χ4v) is 1.96. The summed E-state index contributed by atoms with van der Waals surface area (Å²) in [6, 6.07) is 4.03. The van der Waals surface area contributed by atoms with Crippen molar-refractivity contribution in [2.45, 2.75) is 25.8 Å². The molecule has 0 fully saturated rings. The van der Waals surface area contributed by atoms with Gasteiger partial charge in [-0.15, -0.1) is 0 Å². The largest absolute Gasteiger partial charge is 0.359 e. The van der Waals surface area contributed by atoms with Crippen molar-refractivity contribution in [1.29, 1.82) is 0 Å². The average molecular weight is 301 g/mol. The third-order valence-corrected chi connectivity index (χ3v) is 3.56. The van der Waals surface area contributed by atoms with Crippen molar-refractivity contribution in [1.82, 2.24) is 10.2 Å². The Morgan fingerprint density at radius 1 is 1.45 bits per heavy atom. The van der Waals surface area contributed by atoms with E-state index in [2.05, 4.69) is 5.32 Å². The van der Waals surface area contributed by atoms with Crippen molar-refractivity contribution in [3.05, 3.63) is 34.6 Å². The Bertz CT molecular complexity index is 488. The molecule has 0 saturated carbocycles. The molecule has 1 aromatic rings. The van der Waals surface area contributed by atoms with E-state index in [1.165, 1.54) is 24.1 Å². The molecule has 0 radical (unpaired) electrons. The van der Waals surface area contributed by atoms with Crippen LogP contribution in [0.1, 0.15) is 18.9 Å². The molecule has 1 aromatic carbocycles. The molecule has 0 aromatic heterocycles. The summed E-state index contributed by atoms with van der Waals surface area (Å²) in [4.78, 5) is 24.8. The maximum Gasteiger partial charge on any atom is 0.227 e. The lowest BCUT2D eigenvalue weighted by Gasteiger charge is -2.24. The normalized spacial score (nSPS) is 11.8. The molecule has 0 spiro atoms. The third kappa shape index (κ3) is 4.20. The van der Waals surface area contributed by atoms with Crippen molar-refractivity contribution >= 4 is 23.4 Å². The number of likely N-dealkylation sites (N-methyl/N-ethyl adjacent to an activating group) is 1. The molecular formula is C14H18ClFN2O2. The van der Waals surface area contributed by atoms with Crippen LogP contribution in [0.15, 0.2) is 18.2 Å². The molecule has 0 heterocycles. The predicted molar refractivity (Wildman–Crippen MR) is 76.0 cm³/mol. The van der Waals surface area contributed by atoms with Crippen LogP contribution in [0.2, 0.25) is 5.02 Å². The predicted octanol–water partition coefficient (Wildman–Crippen LogP) is 2.00. The first-order valence-corrected chi connectivity index (χ1v) is 6.63. The summed E-state index contributed by atoms with van der Waals surface area (Å²) < 4.78 is 13.6. The van der Waals surface area contributed by atoms with Gasteiger partial charge in [-0.2, -0.15) is 0 Å². The van der Waals surface area contributed by atoms with Crippen LogP contribution in [0.4, 0.5) is 4.39 Å². The Morgan fingerprint density at radius 2 is 2.10 bits per heavy atom. The number of hydrogen-bond donors (Lipinski definition) is 1. The van der Waals surface area contributed by atoms with Gasteiger partial charge < -0.3 is 10.2 Å². The van der Waals surface area contributed by atoms with E-state index in [4.69, 9.17) is 11.6 Å². The van der Waals surface area contributed by atoms with Crippen LogP contribution >= 0.6 is 11.6 Å². The van der Waals surface area contributed by atoms with E-state index in [1.807, 2.05) is 0 Å². The maximum atomic E-state index is 13.6. The fraction of sp³-hybridized carbons (Fsp3) is 0.429. The van der Waals surface area contributed by atoms with Crippen LogP contribution in [-0.4, -0.2) is 36.9 Å². The summed E-state index contributed by atoms with van der Waals surface area (Å²) in [6.45, 7) is 1.76. The molecule has 4 nitrogen and oxygen atoms in total. The van der Waals surface area contributed by atoms with Crippen LogP contribution in [-0.2, 0) is 16.0 Å². The van der Waals surface area contributed by atoms with Crippen molar-refractivity contribution in [3.8, 4) is 0 Å². The number of hydrogen-bond acceptors (Lipinski definition) is 2. The number of nitrogens with zero attached hydrogens (tertiary/aromatic N) is 1. The molecule has 0 saturated heterocycles. The average Bonchev–Trinajstić information content (AvgIpc) is 2.41. The Kier molecular flexibility index (Phi) is 5.95. The van der Waals surface area contributed by atoms with Gasteiger partial charge in [0.1, 0.15) is 5.82 Å². The van der Waals surface area contributed by atoms with Gasteiger partial charge in [-0.1, -0.05) is 17.7 Å². The summed E-state index contributed by atoms with van der Waals surface area (Å²) >= 11 is 5.89. The lowest BCUT2D eigenvalue weighted by Crippen LogP contribution is -2.39. The van der Waals surface area contributed by atoms with Crippen molar-refractivity contribution < 1.29 is 14.0 Å². The fourth-order valence-electron chi connectivity index (χ4n) is 1.73. The van der Waals surface area contributed by atoms with Crippen LogP contribution in [0.5, 0.6) is 0 Å². The quantitative estimate of drug-likeness (QED) is 0.904. The van der Waals surface area contributed by atoms with Gasteiger partial charge in [-0.3, -0.25) is 9.59 Å². The molecule has 6 heteroatoms. The van der Waals surface area contributed by atoms with E-state index in [0.29, 0.717) is 0 Å². The zero-order valence-electron chi connectivity index (χ0n) is 11.7. The van der Waals surface area contributed by atoms with Gasteiger partial charge in [-0.05, 0) is 19.1 Å². The van der Waals surface area contributed by atoms with Gasteiger partial charge in [-0.25, -0.2) is 4.39 Å². The highest BCUT2D eigenvalue weighted by Crippen LogP contribution is 2.20. The van der Waals surface area contributed by atoms with Crippen LogP contribution in [0.3, 0.4) is 0 Å². The number of amides is 2. The first-order valence-electron chi connectivity index (χ1n) is 6.26. The molecule has 1 rings (SSSR count). The highest BCUT2D eigenvalue weighted by Gasteiger charge is 2.20. The zero-order chi connectivity index (χ0) is 15.3. The van der Waals surface area contributed by atoms with Gasteiger partial charge in [0.2, 0.25) is 11.8 Å². The molecule has 2 amide bonds. The van der Waals surface area contributed by atoms with Gasteiger partial charge in [0.15, 0.2) is 0 Å². The molecule has 1 atom stereocenters. The summed E-state index contributed by atoms with van der Waals surface area (Å²) in [5, 5.41) is 2.73. The minimum Gasteiger partial charge on any atom is -0.359 e. The minimum atomic E-state index is -0.502. The van der Waals surface area contributed by atoms with Gasteiger partial charge in [0.25, 0.3) is 0 Å². The lowest BCUT2D eigenvalue weighted by molar-refractivity contribution is -0.132. The Hall–Kier alpha value is -1.62. The molecule has 20 heavy (non-hydrogen) atoms. The SMILES string of the molecule is CNC(=O)CC(C)N(C)C(=O)Cc1c(F)cccc1Cl. The summed E-state index contributed by atoms with van der Waals surface area (Å²) in [5.41, 5.74) is 0.179. The second-order valence-corrected chi connectivity index (χ2v) is 5.02. The lowest BCUT2D eigenvalue weighted by atomic mass is 10.1. The third-order valence-electron chi connectivity index (χ3n) is 3.20. The molecule has 110 valence electrons. The Balaban J connectivity index is 2.73. The Morgan fingerprint density at radius 3 is 2.65 bits per heavy atom. The summed E-state index contributed by atoms with van der Waals surface area (Å²) in [7, 11) is 3.13. The number of carbonyl (C=O) groups excluding carboxylic acids is 2. The number of rotatable bonds is 5. The second kappa shape index (κ2) is 7.24. The van der Waals surface area contributed by atoms with Gasteiger partial charge >= 0.3 is 0 Å². The highest BCUT2D eigenvalue weighted by atomic mass is 35.5. The van der Waals surface area contributed by atoms with Crippen molar-refractivity contribution in [2.24, 2.45) is 0 Å². The topological polar surface area (TPSA) is 49.4 Å². The van der Waals surface area contributed by atoms with E-state index in [0.717, 1.165) is 0 Å². The zero-order valence-corrected chi connectivity index (χ0v) is 12.5. The summed E-state index contributed by atoms with van der Waals surface area (Å²) in [5.74, 6) is -0.937. The van der Waals surface area contributed by atoms with E-state index < -0.39 is 5.82 Å². The van der Waals surface area contributed by atoms with Crippen LogP contribution < -0.4 is 5.32 Å². The molecule has 0 bridgehead atoms. The maximum absolute atomic E-state index is 13.6. The monoisotopic (exact) mass is 300 g/mol. The van der Waals surface area contributed by atoms with E-state index in [-0.39, 0.29) is 41.3 Å². The first kappa shape index (κ1) is 16.4. The number of nitrogens with one attached hydrogen (secondary N) is 1. The molecular weight excluding hydrogens is 283 g/mol. The van der Waals surface area contributed by atoms with Crippen LogP contribution in [0, 0.1) is 5.82 Å². The smallest absolute Gasteiger partial charge is 0.227 e. The van der Waals surface area contributed by atoms with Gasteiger partial charge in [0.05, 0.1) is 6.42 Å². The second-order valence-electron chi connectivity index (χ2n) is 4.61. The Labute approximate surface area is 122 Å². The first-order chi connectivity index (χ1) is 9.36. The van der Waals surface area contributed by atoms with E-state index in [1.54, 1.807) is 20.0 Å². The number of carbonyl (C=O) groups is 2. The van der Waals surface area contributed by atoms with Crippen LogP contribution in [0.25, 0.3) is 0 Å². The number of halogens is 2. The van der Waals surface area contributed by atoms with E-state index in [9.17, 15) is 14.0 Å².